The van der Waals surface area contributed by atoms with Gasteiger partial charge in [0.15, 0.2) is 0 Å². The average Bonchev–Trinajstić information content (AvgIpc) is 3.01. The molecule has 0 saturated carbocycles. The molecule has 0 aliphatic carbocycles. The molecule has 1 aliphatic rings. The van der Waals surface area contributed by atoms with E-state index >= 15 is 0 Å². The summed E-state index contributed by atoms with van der Waals surface area (Å²) in [5.74, 6) is 0.641. The van der Waals surface area contributed by atoms with Gasteiger partial charge in [-0.15, -0.1) is 0 Å². The molecule has 0 spiro atoms. The summed E-state index contributed by atoms with van der Waals surface area (Å²) in [6, 6.07) is 12.7. The van der Waals surface area contributed by atoms with Crippen LogP contribution in [0.1, 0.15) is 12.0 Å². The van der Waals surface area contributed by atoms with Crippen LogP contribution in [0.2, 0.25) is 0 Å². The lowest BCUT2D eigenvalue weighted by Crippen LogP contribution is -2.37. The summed E-state index contributed by atoms with van der Waals surface area (Å²) in [5.41, 5.74) is 1.48. The number of imide groups is 1. The normalized spacial score (nSPS) is 15.8. The Morgan fingerprint density at radius 1 is 1.00 bits per heavy atom. The molecule has 1 aliphatic heterocycles. The van der Waals surface area contributed by atoms with Crippen LogP contribution in [0, 0.1) is 0 Å². The molecule has 0 aromatic heterocycles. The Bertz CT molecular complexity index is 880. The highest BCUT2D eigenvalue weighted by atomic mass is 16.5. The van der Waals surface area contributed by atoms with E-state index < -0.39 is 18.0 Å². The topological polar surface area (TPSA) is 97.0 Å². The number of carbonyl (C=O) groups is 3. The molecule has 1 fully saturated rings. The number of anilines is 1. The van der Waals surface area contributed by atoms with E-state index in [0.29, 0.717) is 24.4 Å². The van der Waals surface area contributed by atoms with Crippen LogP contribution in [0.15, 0.2) is 48.5 Å². The number of methoxy groups -OCH3 is 2. The minimum absolute atomic E-state index is 0.111. The van der Waals surface area contributed by atoms with Gasteiger partial charge >= 0.3 is 6.03 Å². The molecule has 29 heavy (non-hydrogen) atoms. The van der Waals surface area contributed by atoms with Gasteiger partial charge in [0.1, 0.15) is 17.5 Å². The van der Waals surface area contributed by atoms with Crippen LogP contribution in [0.5, 0.6) is 11.5 Å². The van der Waals surface area contributed by atoms with Gasteiger partial charge < -0.3 is 20.1 Å². The van der Waals surface area contributed by atoms with Gasteiger partial charge in [-0.05, 0) is 48.4 Å². The number of ether oxygens (including phenoxy) is 2. The fourth-order valence-electron chi connectivity index (χ4n) is 3.04. The average molecular weight is 397 g/mol. The molecule has 4 amide bonds. The van der Waals surface area contributed by atoms with Crippen molar-refractivity contribution in [1.29, 1.82) is 0 Å². The van der Waals surface area contributed by atoms with Crippen LogP contribution in [0.3, 0.4) is 0 Å². The predicted molar refractivity (Wildman–Crippen MR) is 107 cm³/mol. The maximum atomic E-state index is 12.6. The quantitative estimate of drug-likeness (QED) is 0.663. The summed E-state index contributed by atoms with van der Waals surface area (Å²) < 4.78 is 10.2. The first-order valence-corrected chi connectivity index (χ1v) is 9.20. The Kier molecular flexibility index (Phi) is 6.33. The molecule has 2 aromatic rings. The van der Waals surface area contributed by atoms with Crippen LogP contribution in [0.25, 0.3) is 0 Å². The van der Waals surface area contributed by atoms with Crippen molar-refractivity contribution in [2.45, 2.75) is 18.9 Å². The third-order valence-corrected chi connectivity index (χ3v) is 4.63. The van der Waals surface area contributed by atoms with Crippen LogP contribution in [-0.2, 0) is 16.0 Å². The third kappa shape index (κ3) is 4.84. The summed E-state index contributed by atoms with van der Waals surface area (Å²) in [6.07, 6.45) is 0.540. The number of hydrogen-bond donors (Lipinski definition) is 2. The number of urea groups is 1. The molecule has 0 bridgehead atoms. The van der Waals surface area contributed by atoms with E-state index in [4.69, 9.17) is 9.47 Å². The molecule has 3 rings (SSSR count). The van der Waals surface area contributed by atoms with Crippen molar-refractivity contribution >= 4 is 23.5 Å². The number of hydrogen-bond acceptors (Lipinski definition) is 5. The van der Waals surface area contributed by atoms with Gasteiger partial charge in [-0.2, -0.15) is 0 Å². The minimum atomic E-state index is -0.884. The molecule has 1 heterocycles. The van der Waals surface area contributed by atoms with Gasteiger partial charge in [0.25, 0.3) is 5.91 Å². The fourth-order valence-corrected chi connectivity index (χ4v) is 3.04. The van der Waals surface area contributed by atoms with E-state index in [0.717, 1.165) is 16.2 Å². The maximum Gasteiger partial charge on any atom is 0.329 e. The van der Waals surface area contributed by atoms with Gasteiger partial charge in [-0.25, -0.2) is 9.69 Å². The molecule has 1 atom stereocenters. The van der Waals surface area contributed by atoms with Crippen molar-refractivity contribution in [2.75, 3.05) is 25.7 Å². The second-order valence-electron chi connectivity index (χ2n) is 6.53. The van der Waals surface area contributed by atoms with E-state index in [1.54, 1.807) is 31.4 Å². The molecule has 8 nitrogen and oxygen atoms in total. The molecule has 8 heteroatoms. The lowest BCUT2D eigenvalue weighted by atomic mass is 10.1. The van der Waals surface area contributed by atoms with Crippen LogP contribution in [0.4, 0.5) is 10.5 Å². The lowest BCUT2D eigenvalue weighted by molar-refractivity contribution is -0.125. The Morgan fingerprint density at radius 2 is 1.59 bits per heavy atom. The standard InChI is InChI=1S/C21H23N3O5/c1-28-16-7-3-14(4-8-16)11-12-22-19(25)13-18-20(26)24(21(27)23-18)15-5-9-17(29-2)10-6-15/h3-10,18H,11-13H2,1-2H3,(H,22,25)(H,23,27)/t18-/m0/s1. The van der Waals surface area contributed by atoms with Gasteiger partial charge in [0.05, 0.1) is 26.3 Å². The summed E-state index contributed by atoms with van der Waals surface area (Å²) in [7, 11) is 3.14. The molecule has 2 N–H and O–H groups in total. The summed E-state index contributed by atoms with van der Waals surface area (Å²) in [6.45, 7) is 0.433. The number of carbonyl (C=O) groups excluding carboxylic acids is 3. The Labute approximate surface area is 168 Å². The highest BCUT2D eigenvalue weighted by molar-refractivity contribution is 6.22. The molecule has 2 aromatic carbocycles. The van der Waals surface area contributed by atoms with Crippen LogP contribution in [-0.4, -0.2) is 44.7 Å². The largest absolute Gasteiger partial charge is 0.497 e. The smallest absolute Gasteiger partial charge is 0.329 e. The Balaban J connectivity index is 1.51. The van der Waals surface area contributed by atoms with Crippen molar-refractivity contribution in [3.05, 3.63) is 54.1 Å². The van der Waals surface area contributed by atoms with Crippen molar-refractivity contribution in [3.8, 4) is 11.5 Å². The van der Waals surface area contributed by atoms with Gasteiger partial charge in [-0.3, -0.25) is 9.59 Å². The molecule has 0 unspecified atom stereocenters. The highest BCUT2D eigenvalue weighted by Crippen LogP contribution is 2.23. The van der Waals surface area contributed by atoms with E-state index in [-0.39, 0.29) is 12.3 Å². The van der Waals surface area contributed by atoms with Crippen LogP contribution < -0.4 is 25.0 Å². The van der Waals surface area contributed by atoms with E-state index in [2.05, 4.69) is 10.6 Å². The second kappa shape index (κ2) is 9.09. The highest BCUT2D eigenvalue weighted by Gasteiger charge is 2.39. The zero-order chi connectivity index (χ0) is 20.8. The molecule has 152 valence electrons. The lowest BCUT2D eigenvalue weighted by Gasteiger charge is -2.13. The zero-order valence-corrected chi connectivity index (χ0v) is 16.3. The summed E-state index contributed by atoms with van der Waals surface area (Å²) in [5, 5.41) is 5.35. The van der Waals surface area contributed by atoms with Crippen molar-refractivity contribution in [3.63, 3.8) is 0 Å². The van der Waals surface area contributed by atoms with Gasteiger partial charge in [-0.1, -0.05) is 12.1 Å². The number of nitrogens with zero attached hydrogens (tertiary/aromatic N) is 1. The molecular weight excluding hydrogens is 374 g/mol. The second-order valence-corrected chi connectivity index (χ2v) is 6.53. The van der Waals surface area contributed by atoms with Crippen molar-refractivity contribution in [2.24, 2.45) is 0 Å². The zero-order valence-electron chi connectivity index (χ0n) is 16.3. The first-order valence-electron chi connectivity index (χ1n) is 9.20. The third-order valence-electron chi connectivity index (χ3n) is 4.63. The fraction of sp³-hybridized carbons (Fsp3) is 0.286. The van der Waals surface area contributed by atoms with Crippen molar-refractivity contribution < 1.29 is 23.9 Å². The number of benzene rings is 2. The number of rotatable bonds is 8. The molecule has 1 saturated heterocycles. The van der Waals surface area contributed by atoms with Crippen LogP contribution >= 0.6 is 0 Å². The predicted octanol–water partition coefficient (Wildman–Crippen LogP) is 1.88. The number of amides is 4. The number of nitrogens with one attached hydrogen (secondary N) is 2. The van der Waals surface area contributed by atoms with Crippen molar-refractivity contribution in [1.82, 2.24) is 10.6 Å². The first kappa shape index (κ1) is 20.2. The van der Waals surface area contributed by atoms with E-state index in [1.165, 1.54) is 7.11 Å². The van der Waals surface area contributed by atoms with E-state index in [9.17, 15) is 14.4 Å². The Hall–Kier alpha value is -3.55. The van der Waals surface area contributed by atoms with Gasteiger partial charge in [0.2, 0.25) is 5.91 Å². The SMILES string of the molecule is COc1ccc(CCNC(=O)C[C@@H]2NC(=O)N(c3ccc(OC)cc3)C2=O)cc1. The monoisotopic (exact) mass is 397 g/mol. The minimum Gasteiger partial charge on any atom is -0.497 e. The van der Waals surface area contributed by atoms with E-state index in [1.807, 2.05) is 24.3 Å². The summed E-state index contributed by atoms with van der Waals surface area (Å²) in [4.78, 5) is 38.0. The van der Waals surface area contributed by atoms with Gasteiger partial charge in [0, 0.05) is 6.54 Å². The summed E-state index contributed by atoms with van der Waals surface area (Å²) >= 11 is 0. The molecule has 0 radical (unpaired) electrons. The Morgan fingerprint density at radius 3 is 2.17 bits per heavy atom. The first-order chi connectivity index (χ1) is 14.0. The maximum absolute atomic E-state index is 12.6. The molecular formula is C21H23N3O5.